The molecule has 4 rings (SSSR count). The molecule has 0 spiro atoms. The Labute approximate surface area is 158 Å². The monoisotopic (exact) mass is 355 g/mol. The summed E-state index contributed by atoms with van der Waals surface area (Å²) in [5, 5.41) is 14.5. The third-order valence-corrected chi connectivity index (χ3v) is 4.44. The molecule has 0 atom stereocenters. The molecule has 0 aliphatic carbocycles. The normalized spacial score (nSPS) is 10.7. The maximum absolute atomic E-state index is 5.53. The van der Waals surface area contributed by atoms with E-state index in [4.69, 9.17) is 4.74 Å². The summed E-state index contributed by atoms with van der Waals surface area (Å²) in [4.78, 5) is 0. The second kappa shape index (κ2) is 7.46. The van der Waals surface area contributed by atoms with Gasteiger partial charge in [0, 0.05) is 22.0 Å². The minimum atomic E-state index is 0.654. The lowest BCUT2D eigenvalue weighted by molar-refractivity contribution is 0.340. The summed E-state index contributed by atoms with van der Waals surface area (Å²) in [6.07, 6.45) is 0. The van der Waals surface area contributed by atoms with E-state index >= 15 is 0 Å². The summed E-state index contributed by atoms with van der Waals surface area (Å²) in [6.45, 7) is 4.71. The number of ether oxygens (including phenoxy) is 1. The molecule has 0 aliphatic rings. The van der Waals surface area contributed by atoms with Crippen LogP contribution >= 0.6 is 0 Å². The lowest BCUT2D eigenvalue weighted by atomic mass is 10.0. The highest BCUT2D eigenvalue weighted by atomic mass is 16.5. The van der Waals surface area contributed by atoms with Crippen LogP contribution in [0.15, 0.2) is 72.8 Å². The quantitative estimate of drug-likeness (QED) is 0.495. The van der Waals surface area contributed by atoms with E-state index in [2.05, 4.69) is 46.7 Å². The molecule has 134 valence electrons. The highest BCUT2D eigenvalue weighted by Gasteiger charge is 2.11. The Morgan fingerprint density at radius 2 is 1.52 bits per heavy atom. The first-order valence-electron chi connectivity index (χ1n) is 9.07. The minimum Gasteiger partial charge on any atom is -0.494 e. The van der Waals surface area contributed by atoms with E-state index in [0.717, 1.165) is 39.3 Å². The Kier molecular flexibility index (Phi) is 4.71. The number of aromatic nitrogens is 2. The van der Waals surface area contributed by atoms with Crippen molar-refractivity contribution in [2.75, 3.05) is 11.9 Å². The average molecular weight is 355 g/mol. The Morgan fingerprint density at radius 3 is 2.22 bits per heavy atom. The van der Waals surface area contributed by atoms with Crippen LogP contribution in [0.1, 0.15) is 12.5 Å². The van der Waals surface area contributed by atoms with Gasteiger partial charge < -0.3 is 10.1 Å². The molecule has 1 aromatic heterocycles. The van der Waals surface area contributed by atoms with Crippen molar-refractivity contribution in [3.8, 4) is 17.0 Å². The molecule has 0 aliphatic heterocycles. The molecular weight excluding hydrogens is 334 g/mol. The largest absolute Gasteiger partial charge is 0.494 e. The van der Waals surface area contributed by atoms with Crippen LogP contribution in [0.25, 0.3) is 22.0 Å². The number of aryl methyl sites for hydroxylation is 1. The predicted molar refractivity (Wildman–Crippen MR) is 111 cm³/mol. The molecule has 0 fully saturated rings. The Morgan fingerprint density at radius 1 is 0.815 bits per heavy atom. The minimum absolute atomic E-state index is 0.654. The maximum Gasteiger partial charge on any atom is 0.161 e. The molecule has 0 saturated carbocycles. The number of nitrogens with zero attached hydrogens (tertiary/aromatic N) is 2. The SMILES string of the molecule is CCOc1ccc(-c2nnc(Nc3ccc(C)cc3)c3ccccc23)cc1. The van der Waals surface area contributed by atoms with Gasteiger partial charge in [-0.2, -0.15) is 0 Å². The number of nitrogens with one attached hydrogen (secondary N) is 1. The number of rotatable bonds is 5. The first kappa shape index (κ1) is 17.0. The summed E-state index contributed by atoms with van der Waals surface area (Å²) in [7, 11) is 0. The summed E-state index contributed by atoms with van der Waals surface area (Å²) in [6, 6.07) is 24.4. The molecular formula is C23H21N3O. The van der Waals surface area contributed by atoms with E-state index in [1.54, 1.807) is 0 Å². The first-order chi connectivity index (χ1) is 13.2. The van der Waals surface area contributed by atoms with Gasteiger partial charge >= 0.3 is 0 Å². The van der Waals surface area contributed by atoms with Crippen LogP contribution in [0.3, 0.4) is 0 Å². The molecule has 3 aromatic carbocycles. The lowest BCUT2D eigenvalue weighted by Gasteiger charge is -2.12. The van der Waals surface area contributed by atoms with Crippen LogP contribution in [0.2, 0.25) is 0 Å². The molecule has 0 radical (unpaired) electrons. The van der Waals surface area contributed by atoms with E-state index in [1.807, 2.05) is 55.5 Å². The molecule has 4 nitrogen and oxygen atoms in total. The second-order valence-corrected chi connectivity index (χ2v) is 6.39. The second-order valence-electron chi connectivity index (χ2n) is 6.39. The van der Waals surface area contributed by atoms with E-state index in [-0.39, 0.29) is 0 Å². The summed E-state index contributed by atoms with van der Waals surface area (Å²) < 4.78 is 5.53. The molecule has 0 bridgehead atoms. The zero-order valence-corrected chi connectivity index (χ0v) is 15.4. The zero-order chi connectivity index (χ0) is 18.6. The van der Waals surface area contributed by atoms with Gasteiger partial charge in [-0.25, -0.2) is 0 Å². The van der Waals surface area contributed by atoms with Crippen molar-refractivity contribution in [1.29, 1.82) is 0 Å². The van der Waals surface area contributed by atoms with E-state index < -0.39 is 0 Å². The van der Waals surface area contributed by atoms with Gasteiger partial charge in [0.2, 0.25) is 0 Å². The Hall–Kier alpha value is -3.40. The summed E-state index contributed by atoms with van der Waals surface area (Å²) >= 11 is 0. The maximum atomic E-state index is 5.53. The molecule has 1 heterocycles. The molecule has 0 saturated heterocycles. The molecule has 1 N–H and O–H groups in total. The lowest BCUT2D eigenvalue weighted by Crippen LogP contribution is -1.99. The predicted octanol–water partition coefficient (Wildman–Crippen LogP) is 5.75. The van der Waals surface area contributed by atoms with Gasteiger partial charge in [-0.3, -0.25) is 0 Å². The van der Waals surface area contributed by atoms with Gasteiger partial charge in [-0.05, 0) is 50.2 Å². The summed E-state index contributed by atoms with van der Waals surface area (Å²) in [5.41, 5.74) is 4.10. The fraction of sp³-hybridized carbons (Fsp3) is 0.130. The van der Waals surface area contributed by atoms with E-state index in [1.165, 1.54) is 5.56 Å². The topological polar surface area (TPSA) is 47.0 Å². The van der Waals surface area contributed by atoms with Crippen molar-refractivity contribution >= 4 is 22.3 Å². The molecule has 27 heavy (non-hydrogen) atoms. The number of benzene rings is 3. The van der Waals surface area contributed by atoms with Crippen molar-refractivity contribution < 1.29 is 4.74 Å². The van der Waals surface area contributed by atoms with Crippen LogP contribution in [0.5, 0.6) is 5.75 Å². The number of hydrogen-bond donors (Lipinski definition) is 1. The smallest absolute Gasteiger partial charge is 0.161 e. The van der Waals surface area contributed by atoms with E-state index in [9.17, 15) is 0 Å². The van der Waals surface area contributed by atoms with Crippen LogP contribution in [-0.2, 0) is 0 Å². The highest BCUT2D eigenvalue weighted by Crippen LogP contribution is 2.31. The third kappa shape index (κ3) is 3.60. The highest BCUT2D eigenvalue weighted by molar-refractivity contribution is 6.00. The van der Waals surface area contributed by atoms with Crippen molar-refractivity contribution in [2.24, 2.45) is 0 Å². The van der Waals surface area contributed by atoms with Gasteiger partial charge in [0.15, 0.2) is 5.82 Å². The van der Waals surface area contributed by atoms with Gasteiger partial charge in [0.1, 0.15) is 11.4 Å². The third-order valence-electron chi connectivity index (χ3n) is 4.44. The number of hydrogen-bond acceptors (Lipinski definition) is 4. The van der Waals surface area contributed by atoms with Gasteiger partial charge in [-0.15, -0.1) is 10.2 Å². The Bertz CT molecular complexity index is 1060. The molecule has 4 aromatic rings. The Balaban J connectivity index is 1.74. The fourth-order valence-electron chi connectivity index (χ4n) is 3.06. The van der Waals surface area contributed by atoms with E-state index in [0.29, 0.717) is 6.61 Å². The first-order valence-corrected chi connectivity index (χ1v) is 9.07. The molecule has 4 heteroatoms. The van der Waals surface area contributed by atoms with Crippen molar-refractivity contribution in [2.45, 2.75) is 13.8 Å². The van der Waals surface area contributed by atoms with Crippen molar-refractivity contribution in [3.05, 3.63) is 78.4 Å². The van der Waals surface area contributed by atoms with Crippen molar-refractivity contribution in [3.63, 3.8) is 0 Å². The van der Waals surface area contributed by atoms with Gasteiger partial charge in [0.25, 0.3) is 0 Å². The standard InChI is InChI=1S/C23H21N3O/c1-3-27-19-14-10-17(11-15-19)22-20-6-4-5-7-21(20)23(26-25-22)24-18-12-8-16(2)9-13-18/h4-15H,3H2,1-2H3,(H,24,26). The zero-order valence-electron chi connectivity index (χ0n) is 15.4. The number of fused-ring (bicyclic) bond motifs is 1. The molecule has 0 unspecified atom stereocenters. The average Bonchev–Trinajstić information content (AvgIpc) is 2.71. The summed E-state index contributed by atoms with van der Waals surface area (Å²) in [5.74, 6) is 1.61. The molecule has 0 amide bonds. The van der Waals surface area contributed by atoms with Crippen molar-refractivity contribution in [1.82, 2.24) is 10.2 Å². The van der Waals surface area contributed by atoms with Gasteiger partial charge in [-0.1, -0.05) is 42.0 Å². The van der Waals surface area contributed by atoms with Gasteiger partial charge in [0.05, 0.1) is 6.61 Å². The number of anilines is 2. The fourth-order valence-corrected chi connectivity index (χ4v) is 3.06. The van der Waals surface area contributed by atoms with Crippen LogP contribution in [0, 0.1) is 6.92 Å². The van der Waals surface area contributed by atoms with Crippen LogP contribution in [0.4, 0.5) is 11.5 Å². The van der Waals surface area contributed by atoms with Crippen LogP contribution in [-0.4, -0.2) is 16.8 Å². The van der Waals surface area contributed by atoms with Crippen LogP contribution < -0.4 is 10.1 Å².